The zero-order valence-corrected chi connectivity index (χ0v) is 16.5. The maximum atomic E-state index is 13.2. The summed E-state index contributed by atoms with van der Waals surface area (Å²) in [4.78, 5) is 24.5. The molecule has 0 unspecified atom stereocenters. The molecule has 2 aromatic carbocycles. The Morgan fingerprint density at radius 2 is 1.61 bits per heavy atom. The van der Waals surface area contributed by atoms with Crippen molar-refractivity contribution < 1.29 is 4.79 Å². The third-order valence-electron chi connectivity index (χ3n) is 4.32. The second-order valence-corrected chi connectivity index (χ2v) is 7.58. The topological polar surface area (TPSA) is 45.6 Å². The lowest BCUT2D eigenvalue weighted by atomic mass is 10.2. The van der Waals surface area contributed by atoms with Crippen LogP contribution in [0.15, 0.2) is 82.8 Å². The number of thioether (sulfide) groups is 1. The fraction of sp³-hybridized carbons (Fsp3) is 0.0870. The lowest BCUT2D eigenvalue weighted by Gasteiger charge is -2.16. The van der Waals surface area contributed by atoms with Crippen LogP contribution in [0.3, 0.4) is 0 Å². The van der Waals surface area contributed by atoms with Crippen molar-refractivity contribution in [2.45, 2.75) is 13.8 Å². The number of amides is 1. The highest BCUT2D eigenvalue weighted by Crippen LogP contribution is 2.37. The highest BCUT2D eigenvalue weighted by molar-refractivity contribution is 8.19. The molecule has 1 aliphatic rings. The molecule has 0 N–H and O–H groups in total. The Kier molecular flexibility index (Phi) is 5.08. The largest absolute Gasteiger partial charge is 0.271 e. The summed E-state index contributed by atoms with van der Waals surface area (Å²) in [5.41, 5.74) is 4.68. The Labute approximate surface area is 168 Å². The quantitative estimate of drug-likeness (QED) is 0.559. The zero-order valence-electron chi connectivity index (χ0n) is 15.7. The van der Waals surface area contributed by atoms with Gasteiger partial charge in [0.2, 0.25) is 0 Å². The molecule has 1 fully saturated rings. The van der Waals surface area contributed by atoms with Crippen molar-refractivity contribution in [3.63, 3.8) is 0 Å². The summed E-state index contributed by atoms with van der Waals surface area (Å²) in [6.07, 6.45) is 3.53. The fourth-order valence-electron chi connectivity index (χ4n) is 2.80. The van der Waals surface area contributed by atoms with Gasteiger partial charge in [-0.15, -0.1) is 0 Å². The van der Waals surface area contributed by atoms with Crippen LogP contribution in [0.1, 0.15) is 16.8 Å². The predicted molar refractivity (Wildman–Crippen MR) is 117 cm³/mol. The second kappa shape index (κ2) is 7.82. The molecule has 4 rings (SSSR count). The molecule has 0 saturated carbocycles. The van der Waals surface area contributed by atoms with Gasteiger partial charge in [-0.3, -0.25) is 14.7 Å². The van der Waals surface area contributed by atoms with E-state index in [0.717, 1.165) is 22.6 Å². The van der Waals surface area contributed by atoms with Crippen LogP contribution in [0, 0.1) is 13.8 Å². The molecule has 1 amide bonds. The molecule has 1 aromatic heterocycles. The van der Waals surface area contributed by atoms with Crippen LogP contribution in [-0.4, -0.2) is 16.1 Å². The molecule has 1 saturated heterocycles. The van der Waals surface area contributed by atoms with E-state index in [-0.39, 0.29) is 5.91 Å². The van der Waals surface area contributed by atoms with E-state index in [0.29, 0.717) is 10.1 Å². The van der Waals surface area contributed by atoms with Gasteiger partial charge in [-0.05, 0) is 68.1 Å². The first-order chi connectivity index (χ1) is 13.6. The first kappa shape index (κ1) is 18.2. The van der Waals surface area contributed by atoms with Crippen LogP contribution in [0.25, 0.3) is 6.08 Å². The van der Waals surface area contributed by atoms with E-state index in [1.54, 1.807) is 11.1 Å². The van der Waals surface area contributed by atoms with Crippen LogP contribution in [0.5, 0.6) is 0 Å². The smallest absolute Gasteiger partial charge is 0.268 e. The summed E-state index contributed by atoms with van der Waals surface area (Å²) < 4.78 is 0. The maximum Gasteiger partial charge on any atom is 0.271 e. The number of amidine groups is 1. The van der Waals surface area contributed by atoms with Crippen molar-refractivity contribution in [2.24, 2.45) is 4.99 Å². The van der Waals surface area contributed by atoms with E-state index < -0.39 is 0 Å². The first-order valence-corrected chi connectivity index (χ1v) is 9.79. The van der Waals surface area contributed by atoms with Gasteiger partial charge in [0.1, 0.15) is 0 Å². The summed E-state index contributed by atoms with van der Waals surface area (Å²) in [7, 11) is 0. The van der Waals surface area contributed by atoms with Crippen molar-refractivity contribution in [1.29, 1.82) is 0 Å². The minimum atomic E-state index is -0.0923. The van der Waals surface area contributed by atoms with Gasteiger partial charge < -0.3 is 0 Å². The number of rotatable bonds is 3. The highest BCUT2D eigenvalue weighted by atomic mass is 32.2. The molecular weight excluding hydrogens is 366 g/mol. The number of carbonyl (C=O) groups is 1. The predicted octanol–water partition coefficient (Wildman–Crippen LogP) is 5.51. The second-order valence-electron chi connectivity index (χ2n) is 6.57. The number of hydrogen-bond acceptors (Lipinski definition) is 4. The summed E-state index contributed by atoms with van der Waals surface area (Å²) in [5, 5.41) is 0.639. The molecule has 2 heterocycles. The Balaban J connectivity index is 1.77. The molecule has 3 aromatic rings. The van der Waals surface area contributed by atoms with Crippen LogP contribution < -0.4 is 4.90 Å². The molecule has 4 nitrogen and oxygen atoms in total. The van der Waals surface area contributed by atoms with E-state index >= 15 is 0 Å². The Morgan fingerprint density at radius 1 is 0.929 bits per heavy atom. The van der Waals surface area contributed by atoms with E-state index in [1.807, 2.05) is 86.7 Å². The number of aliphatic imine (C=N–C) groups is 1. The minimum absolute atomic E-state index is 0.0923. The molecule has 5 heteroatoms. The minimum Gasteiger partial charge on any atom is -0.268 e. The number of aryl methyl sites for hydroxylation is 2. The van der Waals surface area contributed by atoms with Crippen molar-refractivity contribution in [2.75, 3.05) is 4.90 Å². The average molecular weight is 385 g/mol. The number of nitrogens with zero attached hydrogens (tertiary/aromatic N) is 3. The zero-order chi connectivity index (χ0) is 19.5. The Hall–Kier alpha value is -3.18. The molecular formula is C23H19N3OS. The van der Waals surface area contributed by atoms with Crippen LogP contribution >= 0.6 is 11.8 Å². The number of aromatic nitrogens is 1. The Morgan fingerprint density at radius 3 is 2.25 bits per heavy atom. The Bertz CT molecular complexity index is 1060. The van der Waals surface area contributed by atoms with Gasteiger partial charge in [0.15, 0.2) is 5.17 Å². The van der Waals surface area contributed by atoms with E-state index in [4.69, 9.17) is 4.99 Å². The highest BCUT2D eigenvalue weighted by Gasteiger charge is 2.34. The lowest BCUT2D eigenvalue weighted by Crippen LogP contribution is -2.28. The van der Waals surface area contributed by atoms with Gasteiger partial charge in [-0.25, -0.2) is 4.99 Å². The van der Waals surface area contributed by atoms with Crippen molar-refractivity contribution in [1.82, 2.24) is 4.98 Å². The van der Waals surface area contributed by atoms with E-state index in [1.165, 1.54) is 17.3 Å². The third-order valence-corrected chi connectivity index (χ3v) is 5.29. The number of pyridine rings is 1. The summed E-state index contributed by atoms with van der Waals surface area (Å²) in [6, 6.07) is 21.5. The summed E-state index contributed by atoms with van der Waals surface area (Å²) in [6.45, 7) is 4.06. The molecule has 0 aliphatic carbocycles. The monoisotopic (exact) mass is 385 g/mol. The number of carbonyl (C=O) groups excluding carboxylic acids is 1. The molecule has 0 atom stereocenters. The van der Waals surface area contributed by atoms with E-state index in [2.05, 4.69) is 4.98 Å². The van der Waals surface area contributed by atoms with Gasteiger partial charge in [0, 0.05) is 6.20 Å². The van der Waals surface area contributed by atoms with Crippen molar-refractivity contribution >= 4 is 40.3 Å². The third kappa shape index (κ3) is 3.89. The number of anilines is 1. The molecule has 0 radical (unpaired) electrons. The van der Waals surface area contributed by atoms with Crippen LogP contribution in [-0.2, 0) is 4.79 Å². The standard InChI is InChI=1S/C23H19N3OS/c1-16-6-10-18(11-7-16)25-23-26(20-12-8-17(2)9-13-20)22(27)21(28-23)15-19-5-3-4-14-24-19/h3-15H,1-2H3/b21-15-,25-23?. The van der Waals surface area contributed by atoms with Crippen molar-refractivity contribution in [3.8, 4) is 0 Å². The molecule has 0 spiro atoms. The van der Waals surface area contributed by atoms with Gasteiger partial charge in [-0.1, -0.05) is 41.5 Å². The van der Waals surface area contributed by atoms with Crippen molar-refractivity contribution in [3.05, 3.63) is 94.7 Å². The summed E-state index contributed by atoms with van der Waals surface area (Å²) in [5.74, 6) is -0.0923. The normalized spacial score (nSPS) is 16.9. The SMILES string of the molecule is Cc1ccc(N=C2S/C(=C\c3ccccn3)C(=O)N2c2ccc(C)cc2)cc1. The number of benzene rings is 2. The van der Waals surface area contributed by atoms with Gasteiger partial charge in [-0.2, -0.15) is 0 Å². The van der Waals surface area contributed by atoms with Gasteiger partial charge in [0.05, 0.1) is 22.0 Å². The molecule has 1 aliphatic heterocycles. The van der Waals surface area contributed by atoms with Gasteiger partial charge in [0.25, 0.3) is 5.91 Å². The number of hydrogen-bond donors (Lipinski definition) is 0. The first-order valence-electron chi connectivity index (χ1n) is 8.97. The van der Waals surface area contributed by atoms with Crippen LogP contribution in [0.2, 0.25) is 0 Å². The average Bonchev–Trinajstić information content (AvgIpc) is 3.00. The van der Waals surface area contributed by atoms with Crippen LogP contribution in [0.4, 0.5) is 11.4 Å². The molecule has 28 heavy (non-hydrogen) atoms. The maximum absolute atomic E-state index is 13.2. The molecule has 138 valence electrons. The summed E-state index contributed by atoms with van der Waals surface area (Å²) >= 11 is 1.37. The lowest BCUT2D eigenvalue weighted by molar-refractivity contribution is -0.113. The van der Waals surface area contributed by atoms with Gasteiger partial charge >= 0.3 is 0 Å². The molecule has 0 bridgehead atoms. The fourth-order valence-corrected chi connectivity index (χ4v) is 3.78. The van der Waals surface area contributed by atoms with E-state index in [9.17, 15) is 4.79 Å².